The molecule has 0 bridgehead atoms. The number of nitrogens with two attached hydrogens (primary N) is 1. The molecule has 25 heavy (non-hydrogen) atoms. The summed E-state index contributed by atoms with van der Waals surface area (Å²) < 4.78 is 48.6. The monoisotopic (exact) mass is 374 g/mol. The van der Waals surface area contributed by atoms with E-state index in [0.29, 0.717) is 45.3 Å². The van der Waals surface area contributed by atoms with Crippen molar-refractivity contribution < 1.29 is 27.4 Å². The highest BCUT2D eigenvalue weighted by molar-refractivity contribution is 7.89. The quantitative estimate of drug-likeness (QED) is 0.745. The van der Waals surface area contributed by atoms with Crippen LogP contribution in [0.4, 0.5) is 5.69 Å². The predicted molar refractivity (Wildman–Crippen MR) is 92.9 cm³/mol. The molecule has 9 heteroatoms. The van der Waals surface area contributed by atoms with Crippen LogP contribution in [0.25, 0.3) is 0 Å². The van der Waals surface area contributed by atoms with Gasteiger partial charge in [0.2, 0.25) is 10.0 Å². The summed E-state index contributed by atoms with van der Waals surface area (Å²) in [6.45, 7) is 3.77. The first-order chi connectivity index (χ1) is 12.1. The van der Waals surface area contributed by atoms with E-state index in [9.17, 15) is 8.42 Å². The van der Waals surface area contributed by atoms with Crippen LogP contribution in [0.5, 0.6) is 0 Å². The maximum absolute atomic E-state index is 12.8. The second kappa shape index (κ2) is 10.7. The van der Waals surface area contributed by atoms with E-state index in [1.165, 1.54) is 16.4 Å². The average Bonchev–Trinajstić information content (AvgIpc) is 2.60. The van der Waals surface area contributed by atoms with Crippen molar-refractivity contribution >= 4 is 15.7 Å². The lowest BCUT2D eigenvalue weighted by Gasteiger charge is -2.22. The van der Waals surface area contributed by atoms with Crippen molar-refractivity contribution in [3.63, 3.8) is 0 Å². The van der Waals surface area contributed by atoms with Crippen LogP contribution in [0.2, 0.25) is 0 Å². The summed E-state index contributed by atoms with van der Waals surface area (Å²) >= 11 is 0. The zero-order valence-corrected chi connectivity index (χ0v) is 15.1. The molecule has 0 unspecified atom stereocenters. The van der Waals surface area contributed by atoms with Gasteiger partial charge in [-0.3, -0.25) is 0 Å². The van der Waals surface area contributed by atoms with Crippen LogP contribution in [0.1, 0.15) is 0 Å². The van der Waals surface area contributed by atoms with Crippen LogP contribution in [0, 0.1) is 0 Å². The summed E-state index contributed by atoms with van der Waals surface area (Å²) in [5, 5.41) is 0. The van der Waals surface area contributed by atoms with Gasteiger partial charge in [0, 0.05) is 18.8 Å². The topological polar surface area (TPSA) is 100 Å². The molecule has 1 aromatic rings. The van der Waals surface area contributed by atoms with E-state index in [-0.39, 0.29) is 31.2 Å². The van der Waals surface area contributed by atoms with E-state index >= 15 is 0 Å². The van der Waals surface area contributed by atoms with Gasteiger partial charge in [-0.05, 0) is 24.3 Å². The Bertz CT molecular complexity index is 577. The second-order valence-corrected chi connectivity index (χ2v) is 7.36. The first kappa shape index (κ1) is 20.1. The van der Waals surface area contributed by atoms with Gasteiger partial charge in [-0.15, -0.1) is 0 Å². The SMILES string of the molecule is Nc1ccc(S(=O)(=O)N2CCOCCOCCOCCOCC2)cc1. The molecule has 1 aromatic carbocycles. The zero-order chi connectivity index (χ0) is 18.0. The fraction of sp³-hybridized carbons (Fsp3) is 0.625. The minimum atomic E-state index is -3.64. The smallest absolute Gasteiger partial charge is 0.243 e. The molecule has 0 aliphatic carbocycles. The molecule has 1 aliphatic heterocycles. The minimum absolute atomic E-state index is 0.200. The lowest BCUT2D eigenvalue weighted by Crippen LogP contribution is -2.37. The van der Waals surface area contributed by atoms with E-state index in [1.807, 2.05) is 0 Å². The third kappa shape index (κ3) is 6.89. The minimum Gasteiger partial charge on any atom is -0.399 e. The molecule has 8 nitrogen and oxygen atoms in total. The number of ether oxygens (including phenoxy) is 4. The third-order valence-electron chi connectivity index (χ3n) is 3.60. The Labute approximate surface area is 148 Å². The van der Waals surface area contributed by atoms with Crippen molar-refractivity contribution in [2.24, 2.45) is 0 Å². The summed E-state index contributed by atoms with van der Waals surface area (Å²) in [7, 11) is -3.64. The normalized spacial score (nSPS) is 20.5. The molecule has 0 spiro atoms. The Balaban J connectivity index is 2.01. The summed E-state index contributed by atoms with van der Waals surface area (Å²) in [4.78, 5) is 0.200. The number of nitrogen functional groups attached to an aromatic ring is 1. The summed E-state index contributed by atoms with van der Waals surface area (Å²) in [6.07, 6.45) is 0. The second-order valence-electron chi connectivity index (χ2n) is 5.42. The van der Waals surface area contributed by atoms with Crippen LogP contribution in [-0.4, -0.2) is 78.7 Å². The lowest BCUT2D eigenvalue weighted by atomic mass is 10.3. The number of sulfonamides is 1. The predicted octanol–water partition coefficient (Wildman–Crippen LogP) is 0.340. The van der Waals surface area contributed by atoms with Gasteiger partial charge in [-0.2, -0.15) is 4.31 Å². The van der Waals surface area contributed by atoms with Gasteiger partial charge in [-0.1, -0.05) is 0 Å². The van der Waals surface area contributed by atoms with Gasteiger partial charge >= 0.3 is 0 Å². The van der Waals surface area contributed by atoms with E-state index in [1.54, 1.807) is 12.1 Å². The van der Waals surface area contributed by atoms with Crippen LogP contribution in [-0.2, 0) is 29.0 Å². The van der Waals surface area contributed by atoms with Gasteiger partial charge in [0.1, 0.15) is 0 Å². The lowest BCUT2D eigenvalue weighted by molar-refractivity contribution is 0.00206. The highest BCUT2D eigenvalue weighted by atomic mass is 32.2. The standard InChI is InChI=1S/C16H26N2O6S/c17-15-1-3-16(4-2-15)25(19,20)18-5-7-21-9-11-23-13-14-24-12-10-22-8-6-18/h1-4H,5-14,17H2. The Kier molecular flexibility index (Phi) is 8.59. The summed E-state index contributed by atoms with van der Waals surface area (Å²) in [6, 6.07) is 6.15. The average molecular weight is 374 g/mol. The van der Waals surface area contributed by atoms with E-state index in [4.69, 9.17) is 24.7 Å². The van der Waals surface area contributed by atoms with Crippen molar-refractivity contribution in [1.82, 2.24) is 4.31 Å². The largest absolute Gasteiger partial charge is 0.399 e. The molecular weight excluding hydrogens is 348 g/mol. The fourth-order valence-corrected chi connectivity index (χ4v) is 3.64. The van der Waals surface area contributed by atoms with Crippen molar-refractivity contribution in [3.05, 3.63) is 24.3 Å². The number of nitrogens with zero attached hydrogens (tertiary/aromatic N) is 1. The summed E-state index contributed by atoms with van der Waals surface area (Å²) in [5.74, 6) is 0. The van der Waals surface area contributed by atoms with Gasteiger partial charge in [-0.25, -0.2) is 8.42 Å². The molecule has 1 saturated heterocycles. The van der Waals surface area contributed by atoms with E-state index < -0.39 is 10.0 Å². The van der Waals surface area contributed by atoms with Crippen molar-refractivity contribution in [2.75, 3.05) is 71.7 Å². The molecule has 2 rings (SSSR count). The van der Waals surface area contributed by atoms with Crippen molar-refractivity contribution in [3.8, 4) is 0 Å². The Morgan fingerprint density at radius 3 is 1.56 bits per heavy atom. The first-order valence-corrected chi connectivity index (χ1v) is 9.71. The Hall–Kier alpha value is -1.23. The number of benzene rings is 1. The van der Waals surface area contributed by atoms with Crippen LogP contribution in [0.15, 0.2) is 29.2 Å². The highest BCUT2D eigenvalue weighted by Crippen LogP contribution is 2.17. The van der Waals surface area contributed by atoms with Gasteiger partial charge < -0.3 is 24.7 Å². The molecule has 0 aromatic heterocycles. The maximum Gasteiger partial charge on any atom is 0.243 e. The zero-order valence-electron chi connectivity index (χ0n) is 14.3. The number of anilines is 1. The van der Waals surface area contributed by atoms with Crippen molar-refractivity contribution in [2.45, 2.75) is 4.90 Å². The van der Waals surface area contributed by atoms with Crippen LogP contribution >= 0.6 is 0 Å². The number of hydrogen-bond donors (Lipinski definition) is 1. The number of rotatable bonds is 2. The number of hydrogen-bond acceptors (Lipinski definition) is 7. The Morgan fingerprint density at radius 1 is 0.720 bits per heavy atom. The van der Waals surface area contributed by atoms with E-state index in [2.05, 4.69) is 0 Å². The maximum atomic E-state index is 12.8. The van der Waals surface area contributed by atoms with E-state index in [0.717, 1.165) is 0 Å². The van der Waals surface area contributed by atoms with Gasteiger partial charge in [0.05, 0.1) is 57.8 Å². The molecule has 0 amide bonds. The molecule has 1 heterocycles. The van der Waals surface area contributed by atoms with Gasteiger partial charge in [0.15, 0.2) is 0 Å². The summed E-state index contributed by atoms with van der Waals surface area (Å²) in [5.41, 5.74) is 6.15. The first-order valence-electron chi connectivity index (χ1n) is 8.27. The molecular formula is C16H26N2O6S. The highest BCUT2D eigenvalue weighted by Gasteiger charge is 2.24. The fourth-order valence-electron chi connectivity index (χ4n) is 2.24. The molecule has 0 radical (unpaired) electrons. The molecule has 0 saturated carbocycles. The van der Waals surface area contributed by atoms with Crippen molar-refractivity contribution in [1.29, 1.82) is 0 Å². The third-order valence-corrected chi connectivity index (χ3v) is 5.52. The van der Waals surface area contributed by atoms with Crippen LogP contribution in [0.3, 0.4) is 0 Å². The Morgan fingerprint density at radius 2 is 1.12 bits per heavy atom. The molecule has 1 aliphatic rings. The molecule has 2 N–H and O–H groups in total. The van der Waals surface area contributed by atoms with Crippen LogP contribution < -0.4 is 5.73 Å². The van der Waals surface area contributed by atoms with Gasteiger partial charge in [0.25, 0.3) is 0 Å². The molecule has 142 valence electrons. The molecule has 1 fully saturated rings. The molecule has 0 atom stereocenters.